The molecule has 4 rings (SSSR count). The summed E-state index contributed by atoms with van der Waals surface area (Å²) in [6, 6.07) is 7.57. The normalized spacial score (nSPS) is 19.5. The van der Waals surface area contributed by atoms with E-state index in [9.17, 15) is 0 Å². The lowest BCUT2D eigenvalue weighted by molar-refractivity contribution is 0.216. The predicted octanol–water partition coefficient (Wildman–Crippen LogP) is 3.72. The Balaban J connectivity index is 1.93. The number of nitrogens with one attached hydrogen (secondary N) is 1. The van der Waals surface area contributed by atoms with Crippen LogP contribution in [0.2, 0.25) is 5.02 Å². The Morgan fingerprint density at radius 2 is 1.91 bits per heavy atom. The van der Waals surface area contributed by atoms with Crippen LogP contribution in [0.4, 0.5) is 17.1 Å². The summed E-state index contributed by atoms with van der Waals surface area (Å²) < 4.78 is 24.6. The van der Waals surface area contributed by atoms with E-state index in [1.54, 1.807) is 0 Å². The van der Waals surface area contributed by atoms with E-state index in [1.807, 2.05) is 24.3 Å². The molecule has 0 saturated carbocycles. The summed E-state index contributed by atoms with van der Waals surface area (Å²) in [5, 5.41) is 3.18. The molecule has 0 bridgehead atoms. The Kier molecular flexibility index (Phi) is 2.93. The lowest BCUT2D eigenvalue weighted by Crippen LogP contribution is -2.47. The maximum absolute atomic E-state index is 8.34. The van der Waals surface area contributed by atoms with Gasteiger partial charge in [0.25, 0.3) is 0 Å². The number of rotatable bonds is 0. The number of fused-ring (bicyclic) bond motifs is 2. The first-order chi connectivity index (χ1) is 12.5. The number of likely N-dealkylation sites (N-methyl/N-ethyl adjacent to an activating group) is 1. The fourth-order valence-corrected chi connectivity index (χ4v) is 3.03. The van der Waals surface area contributed by atoms with Gasteiger partial charge in [0.2, 0.25) is 0 Å². The average molecular weight is 330 g/mol. The van der Waals surface area contributed by atoms with Crippen LogP contribution in [0.3, 0.4) is 0 Å². The molecule has 23 heavy (non-hydrogen) atoms. The van der Waals surface area contributed by atoms with Crippen molar-refractivity contribution in [2.75, 3.05) is 38.5 Å². The number of hydrogen-bond acceptors (Lipinski definition) is 4. The van der Waals surface area contributed by atoms with Crippen molar-refractivity contribution in [2.45, 2.75) is 0 Å². The summed E-state index contributed by atoms with van der Waals surface area (Å²) in [4.78, 5) is 9.26. The third-order valence-electron chi connectivity index (χ3n) is 4.21. The van der Waals surface area contributed by atoms with E-state index in [0.29, 0.717) is 11.4 Å². The highest BCUT2D eigenvalue weighted by atomic mass is 35.5. The summed E-state index contributed by atoms with van der Waals surface area (Å²) in [6.45, 7) is 3.55. The zero-order chi connectivity index (χ0) is 18.4. The van der Waals surface area contributed by atoms with Gasteiger partial charge in [-0.25, -0.2) is 4.99 Å². The van der Waals surface area contributed by atoms with Gasteiger partial charge >= 0.3 is 0 Å². The molecule has 2 heterocycles. The van der Waals surface area contributed by atoms with Crippen LogP contribution in [0, 0.1) is 0 Å². The van der Waals surface area contributed by atoms with Crippen molar-refractivity contribution in [3.8, 4) is 0 Å². The molecule has 2 aromatic rings. The molecule has 118 valence electrons. The first-order valence-electron chi connectivity index (χ1n) is 9.15. The van der Waals surface area contributed by atoms with Crippen LogP contribution >= 0.6 is 11.6 Å². The standard InChI is InChI=1S/C18H19ClN4/c1-22-8-10-23(11-9-22)18-14-4-2-3-5-15(14)20-16-7-6-13(19)12-17(16)21-18/h2-7,12,20H,8-11H2,1H3/i6D,7D,12D. The lowest BCUT2D eigenvalue weighted by Gasteiger charge is -2.34. The minimum atomic E-state index is -0.154. The van der Waals surface area contributed by atoms with Crippen LogP contribution in [-0.4, -0.2) is 48.9 Å². The quantitative estimate of drug-likeness (QED) is 0.799. The number of halogens is 1. The molecule has 1 fully saturated rings. The number of amidine groups is 1. The summed E-state index contributed by atoms with van der Waals surface area (Å²) in [6.07, 6.45) is 0. The molecule has 2 aliphatic rings. The van der Waals surface area contributed by atoms with Crippen LogP contribution in [0.25, 0.3) is 0 Å². The largest absolute Gasteiger partial charge is 0.353 e. The topological polar surface area (TPSA) is 30.9 Å². The Labute approximate surface area is 145 Å². The number of nitrogens with zero attached hydrogens (tertiary/aromatic N) is 3. The maximum atomic E-state index is 8.34. The molecule has 2 aliphatic heterocycles. The Morgan fingerprint density at radius 3 is 2.74 bits per heavy atom. The minimum Gasteiger partial charge on any atom is -0.353 e. The minimum absolute atomic E-state index is 0.0189. The zero-order valence-electron chi connectivity index (χ0n) is 15.9. The van der Waals surface area contributed by atoms with Gasteiger partial charge < -0.3 is 15.1 Å². The van der Waals surface area contributed by atoms with E-state index >= 15 is 0 Å². The van der Waals surface area contributed by atoms with E-state index in [4.69, 9.17) is 20.7 Å². The Bertz CT molecular complexity index is 908. The second-order valence-corrected chi connectivity index (χ2v) is 6.19. The van der Waals surface area contributed by atoms with Crippen LogP contribution < -0.4 is 5.32 Å². The van der Waals surface area contributed by atoms with Gasteiger partial charge in [-0.15, -0.1) is 0 Å². The highest BCUT2D eigenvalue weighted by Crippen LogP contribution is 2.36. The van der Waals surface area contributed by atoms with E-state index in [1.165, 1.54) is 0 Å². The van der Waals surface area contributed by atoms with Crippen molar-refractivity contribution in [2.24, 2.45) is 4.99 Å². The number of aliphatic imine (C=N–C) groups is 1. The molecule has 0 amide bonds. The van der Waals surface area contributed by atoms with Gasteiger partial charge in [0.05, 0.1) is 15.5 Å². The van der Waals surface area contributed by atoms with Gasteiger partial charge in [-0.2, -0.15) is 0 Å². The van der Waals surface area contributed by atoms with Gasteiger partial charge in [-0.05, 0) is 37.3 Å². The Morgan fingerprint density at radius 1 is 1.13 bits per heavy atom. The average Bonchev–Trinajstić information content (AvgIpc) is 2.83. The number of hydrogen-bond donors (Lipinski definition) is 1. The number of piperazine rings is 1. The maximum Gasteiger partial charge on any atom is 0.138 e. The molecule has 1 N–H and O–H groups in total. The monoisotopic (exact) mass is 329 g/mol. The summed E-state index contributed by atoms with van der Waals surface area (Å²) in [7, 11) is 2.10. The summed E-state index contributed by atoms with van der Waals surface area (Å²) in [5.41, 5.74) is 2.43. The highest BCUT2D eigenvalue weighted by molar-refractivity contribution is 6.31. The third-order valence-corrected chi connectivity index (χ3v) is 4.40. The molecule has 0 radical (unpaired) electrons. The lowest BCUT2D eigenvalue weighted by atomic mass is 10.1. The van der Waals surface area contributed by atoms with Crippen molar-refractivity contribution in [1.29, 1.82) is 0 Å². The zero-order valence-corrected chi connectivity index (χ0v) is 13.6. The molecule has 5 heteroatoms. The first-order valence-corrected chi connectivity index (χ1v) is 8.03. The molecule has 0 aromatic heterocycles. The summed E-state index contributed by atoms with van der Waals surface area (Å²) >= 11 is 6.12. The predicted molar refractivity (Wildman–Crippen MR) is 96.4 cm³/mol. The fraction of sp³-hybridized carbons (Fsp3) is 0.278. The van der Waals surface area contributed by atoms with Crippen molar-refractivity contribution >= 4 is 34.5 Å². The third kappa shape index (κ3) is 2.80. The smallest absolute Gasteiger partial charge is 0.138 e. The number of para-hydroxylation sites is 1. The number of anilines is 2. The Hall–Kier alpha value is -2.04. The molecule has 1 saturated heterocycles. The SMILES string of the molecule is [2H]c1c([2H])c2c(c([2H])c1Cl)N=C(N1CCN(C)CC1)c1ccccc1N2. The van der Waals surface area contributed by atoms with Gasteiger partial charge in [0.1, 0.15) is 5.84 Å². The van der Waals surface area contributed by atoms with Crippen molar-refractivity contribution in [3.63, 3.8) is 0 Å². The van der Waals surface area contributed by atoms with E-state index in [-0.39, 0.29) is 23.1 Å². The van der Waals surface area contributed by atoms with Gasteiger partial charge in [0.15, 0.2) is 0 Å². The molecule has 0 spiro atoms. The molecule has 0 unspecified atom stereocenters. The van der Waals surface area contributed by atoms with Crippen molar-refractivity contribution in [1.82, 2.24) is 9.80 Å². The van der Waals surface area contributed by atoms with Crippen LogP contribution in [-0.2, 0) is 0 Å². The van der Waals surface area contributed by atoms with Crippen molar-refractivity contribution in [3.05, 3.63) is 53.0 Å². The first kappa shape index (κ1) is 11.5. The highest BCUT2D eigenvalue weighted by Gasteiger charge is 2.23. The molecular formula is C18H19ClN4. The second-order valence-electron chi connectivity index (χ2n) is 5.81. The van der Waals surface area contributed by atoms with E-state index < -0.39 is 0 Å². The fourth-order valence-electron chi connectivity index (χ4n) is 2.90. The second kappa shape index (κ2) is 5.87. The van der Waals surface area contributed by atoms with Crippen LogP contribution in [0.5, 0.6) is 0 Å². The van der Waals surface area contributed by atoms with E-state index in [0.717, 1.165) is 43.3 Å². The summed E-state index contributed by atoms with van der Waals surface area (Å²) in [5.74, 6) is 0.779. The van der Waals surface area contributed by atoms with Gasteiger partial charge in [-0.3, -0.25) is 0 Å². The van der Waals surface area contributed by atoms with E-state index in [2.05, 4.69) is 22.2 Å². The molecule has 0 atom stereocenters. The molecule has 2 aromatic carbocycles. The van der Waals surface area contributed by atoms with Gasteiger partial charge in [0, 0.05) is 42.5 Å². The van der Waals surface area contributed by atoms with Crippen molar-refractivity contribution < 1.29 is 4.11 Å². The molecule has 0 aliphatic carbocycles. The van der Waals surface area contributed by atoms with Crippen LogP contribution in [0.15, 0.2) is 47.4 Å². The van der Waals surface area contributed by atoms with Gasteiger partial charge in [-0.1, -0.05) is 23.7 Å². The molecular weight excluding hydrogens is 308 g/mol. The number of benzene rings is 2. The molecule has 4 nitrogen and oxygen atoms in total. The van der Waals surface area contributed by atoms with Crippen LogP contribution in [0.1, 0.15) is 9.68 Å².